The van der Waals surface area contributed by atoms with Crippen LogP contribution in [0.3, 0.4) is 0 Å². The van der Waals surface area contributed by atoms with Crippen LogP contribution in [0, 0.1) is 22.0 Å². The minimum absolute atomic E-state index is 0.0124. The molecule has 2 atom stereocenters. The first-order valence-corrected chi connectivity index (χ1v) is 10.3. The van der Waals surface area contributed by atoms with Crippen molar-refractivity contribution >= 4 is 17.3 Å². The van der Waals surface area contributed by atoms with E-state index in [1.807, 2.05) is 29.4 Å². The number of anilines is 1. The van der Waals surface area contributed by atoms with Crippen molar-refractivity contribution in [2.75, 3.05) is 24.5 Å². The lowest BCUT2D eigenvalue weighted by Gasteiger charge is -2.43. The molecule has 0 spiro atoms. The van der Waals surface area contributed by atoms with Crippen molar-refractivity contribution in [2.24, 2.45) is 11.8 Å². The van der Waals surface area contributed by atoms with Crippen LogP contribution in [0.15, 0.2) is 41.2 Å². The van der Waals surface area contributed by atoms with E-state index in [9.17, 15) is 19.7 Å². The van der Waals surface area contributed by atoms with Crippen molar-refractivity contribution < 1.29 is 9.72 Å². The first-order valence-electron chi connectivity index (χ1n) is 10.3. The summed E-state index contributed by atoms with van der Waals surface area (Å²) in [5, 5.41) is 14.6. The third-order valence-electron chi connectivity index (χ3n) is 5.93. The van der Waals surface area contributed by atoms with Gasteiger partial charge < -0.3 is 14.8 Å². The second-order valence-electron chi connectivity index (χ2n) is 8.67. The number of pyridine rings is 1. The van der Waals surface area contributed by atoms with Crippen molar-refractivity contribution in [2.45, 2.75) is 32.7 Å². The van der Waals surface area contributed by atoms with Gasteiger partial charge in [-0.2, -0.15) is 0 Å². The topological polar surface area (TPSA) is 97.5 Å². The molecule has 3 heterocycles. The van der Waals surface area contributed by atoms with Gasteiger partial charge in [0.25, 0.3) is 17.2 Å². The molecule has 1 amide bonds. The number of nitrogens with zero attached hydrogens (tertiary/aromatic N) is 3. The van der Waals surface area contributed by atoms with Gasteiger partial charge in [0.15, 0.2) is 0 Å². The fourth-order valence-electron chi connectivity index (χ4n) is 4.57. The average Bonchev–Trinajstić information content (AvgIpc) is 2.72. The van der Waals surface area contributed by atoms with Crippen molar-refractivity contribution in [1.82, 2.24) is 9.88 Å². The number of amides is 1. The quantitative estimate of drug-likeness (QED) is 0.604. The summed E-state index contributed by atoms with van der Waals surface area (Å²) in [6.07, 6.45) is 0.976. The average molecular weight is 410 g/mol. The number of benzene rings is 1. The molecule has 2 unspecified atom stereocenters. The Morgan fingerprint density at radius 1 is 1.23 bits per heavy atom. The Bertz CT molecular complexity index is 1050. The van der Waals surface area contributed by atoms with Gasteiger partial charge >= 0.3 is 0 Å². The van der Waals surface area contributed by atoms with E-state index in [1.165, 1.54) is 6.07 Å². The molecule has 0 radical (unpaired) electrons. The number of nitro groups is 1. The Morgan fingerprint density at radius 3 is 2.77 bits per heavy atom. The van der Waals surface area contributed by atoms with Crippen LogP contribution in [0.4, 0.5) is 11.4 Å². The SMILES string of the molecule is CC(C)CNC(=O)c1ccc(N2CC3CC(C2)c2cccc(=O)n2C3)c([N+](=O)[O-])c1. The van der Waals surface area contributed by atoms with E-state index in [0.29, 0.717) is 43.3 Å². The maximum absolute atomic E-state index is 12.4. The lowest BCUT2D eigenvalue weighted by Crippen LogP contribution is -2.47. The summed E-state index contributed by atoms with van der Waals surface area (Å²) in [4.78, 5) is 38.0. The monoisotopic (exact) mass is 410 g/mol. The minimum Gasteiger partial charge on any atom is -0.365 e. The smallest absolute Gasteiger partial charge is 0.293 e. The Labute approximate surface area is 174 Å². The molecule has 0 saturated carbocycles. The van der Waals surface area contributed by atoms with Gasteiger partial charge in [0.2, 0.25) is 0 Å². The highest BCUT2D eigenvalue weighted by Gasteiger charge is 2.36. The highest BCUT2D eigenvalue weighted by atomic mass is 16.6. The number of rotatable bonds is 5. The standard InChI is InChI=1S/C22H26N4O4/c1-14(2)10-23-22(28)16-6-7-19(20(9-16)26(29)30)24-11-15-8-17(13-24)18-4-3-5-21(27)25(18)12-15/h3-7,9,14-15,17H,8,10-13H2,1-2H3,(H,23,28). The molecule has 2 bridgehead atoms. The number of nitro benzene ring substituents is 1. The van der Waals surface area contributed by atoms with Gasteiger partial charge in [-0.25, -0.2) is 0 Å². The molecule has 0 aliphatic carbocycles. The summed E-state index contributed by atoms with van der Waals surface area (Å²) in [5.74, 6) is 0.401. The second-order valence-corrected chi connectivity index (χ2v) is 8.67. The Kier molecular flexibility index (Phi) is 5.32. The van der Waals surface area contributed by atoms with E-state index < -0.39 is 4.92 Å². The van der Waals surface area contributed by atoms with Crippen LogP contribution in [-0.4, -0.2) is 35.0 Å². The predicted octanol–water partition coefficient (Wildman–Crippen LogP) is 2.77. The highest BCUT2D eigenvalue weighted by molar-refractivity contribution is 5.95. The molecule has 2 aromatic rings. The van der Waals surface area contributed by atoms with E-state index in [1.54, 1.807) is 24.3 Å². The van der Waals surface area contributed by atoms with E-state index in [2.05, 4.69) is 5.32 Å². The van der Waals surface area contributed by atoms with Crippen LogP contribution in [0.2, 0.25) is 0 Å². The van der Waals surface area contributed by atoms with Crippen molar-refractivity contribution in [1.29, 1.82) is 0 Å². The van der Waals surface area contributed by atoms with Crippen molar-refractivity contribution in [3.8, 4) is 0 Å². The highest BCUT2D eigenvalue weighted by Crippen LogP contribution is 2.39. The number of piperidine rings is 1. The molecular weight excluding hydrogens is 384 g/mol. The molecule has 1 saturated heterocycles. The molecule has 2 aliphatic rings. The normalized spacial score (nSPS) is 20.0. The lowest BCUT2D eigenvalue weighted by molar-refractivity contribution is -0.384. The molecule has 8 nitrogen and oxygen atoms in total. The minimum atomic E-state index is -0.419. The Morgan fingerprint density at radius 2 is 2.03 bits per heavy atom. The van der Waals surface area contributed by atoms with Crippen LogP contribution >= 0.6 is 0 Å². The second kappa shape index (κ2) is 7.93. The van der Waals surface area contributed by atoms with E-state index in [4.69, 9.17) is 0 Å². The molecule has 1 N–H and O–H groups in total. The summed E-state index contributed by atoms with van der Waals surface area (Å²) in [5.41, 5.74) is 1.77. The number of fused-ring (bicyclic) bond motifs is 4. The number of carbonyl (C=O) groups excluding carboxylic acids is 1. The molecule has 30 heavy (non-hydrogen) atoms. The van der Waals surface area contributed by atoms with Crippen molar-refractivity contribution in [3.05, 3.63) is 68.1 Å². The van der Waals surface area contributed by atoms with Crippen LogP contribution in [0.5, 0.6) is 0 Å². The van der Waals surface area contributed by atoms with Crippen LogP contribution in [-0.2, 0) is 6.54 Å². The summed E-state index contributed by atoms with van der Waals surface area (Å²) in [6.45, 7) is 6.39. The third kappa shape index (κ3) is 3.81. The maximum atomic E-state index is 12.4. The van der Waals surface area contributed by atoms with E-state index in [0.717, 1.165) is 12.1 Å². The molecule has 2 aliphatic heterocycles. The summed E-state index contributed by atoms with van der Waals surface area (Å²) in [7, 11) is 0. The van der Waals surface area contributed by atoms with Gasteiger partial charge in [-0.15, -0.1) is 0 Å². The van der Waals surface area contributed by atoms with Crippen molar-refractivity contribution in [3.63, 3.8) is 0 Å². The molecule has 158 valence electrons. The summed E-state index contributed by atoms with van der Waals surface area (Å²) in [6, 6.07) is 10.0. The number of hydrogen-bond donors (Lipinski definition) is 1. The van der Waals surface area contributed by atoms with Gasteiger partial charge in [-0.05, 0) is 36.5 Å². The zero-order chi connectivity index (χ0) is 21.4. The maximum Gasteiger partial charge on any atom is 0.293 e. The first-order chi connectivity index (χ1) is 14.3. The van der Waals surface area contributed by atoms with Gasteiger partial charge in [-0.3, -0.25) is 19.7 Å². The molecule has 4 rings (SSSR count). The Balaban J connectivity index is 1.62. The third-order valence-corrected chi connectivity index (χ3v) is 5.93. The van der Waals surface area contributed by atoms with Gasteiger partial charge in [0.1, 0.15) is 5.69 Å². The first kappa shape index (κ1) is 20.1. The van der Waals surface area contributed by atoms with Crippen LogP contribution in [0.1, 0.15) is 42.2 Å². The van der Waals surface area contributed by atoms with E-state index >= 15 is 0 Å². The van der Waals surface area contributed by atoms with Gasteiger partial charge in [0, 0.05) is 55.5 Å². The number of carbonyl (C=O) groups is 1. The van der Waals surface area contributed by atoms with Gasteiger partial charge in [-0.1, -0.05) is 19.9 Å². The predicted molar refractivity (Wildman–Crippen MR) is 114 cm³/mol. The lowest BCUT2D eigenvalue weighted by atomic mass is 9.83. The van der Waals surface area contributed by atoms with Crippen LogP contribution in [0.25, 0.3) is 0 Å². The summed E-state index contributed by atoms with van der Waals surface area (Å²) < 4.78 is 1.84. The largest absolute Gasteiger partial charge is 0.365 e. The molecule has 8 heteroatoms. The van der Waals surface area contributed by atoms with E-state index in [-0.39, 0.29) is 29.0 Å². The van der Waals surface area contributed by atoms with Gasteiger partial charge in [0.05, 0.1) is 4.92 Å². The molecule has 1 aromatic carbocycles. The molecular formula is C22H26N4O4. The number of hydrogen-bond acceptors (Lipinski definition) is 5. The zero-order valence-electron chi connectivity index (χ0n) is 17.2. The zero-order valence-corrected chi connectivity index (χ0v) is 17.2. The fraction of sp³-hybridized carbons (Fsp3) is 0.455. The fourth-order valence-corrected chi connectivity index (χ4v) is 4.57. The summed E-state index contributed by atoms with van der Waals surface area (Å²) >= 11 is 0. The number of nitrogens with one attached hydrogen (secondary N) is 1. The molecule has 1 fully saturated rings. The van der Waals surface area contributed by atoms with Crippen LogP contribution < -0.4 is 15.8 Å². The number of aromatic nitrogens is 1. The Hall–Kier alpha value is -3.16. The molecule has 1 aromatic heterocycles.